The number of carbonyl (C=O) groups is 1. The molecule has 0 aromatic carbocycles. The van der Waals surface area contributed by atoms with E-state index in [0.717, 1.165) is 12.3 Å². The normalized spacial score (nSPS) is 15.1. The van der Waals surface area contributed by atoms with Crippen LogP contribution in [0.5, 0.6) is 0 Å². The second-order valence-corrected chi connectivity index (χ2v) is 4.99. The van der Waals surface area contributed by atoms with Crippen LogP contribution < -0.4 is 5.32 Å². The minimum atomic E-state index is -0.0813. The molecule has 0 aliphatic carbocycles. The van der Waals surface area contributed by atoms with E-state index in [1.807, 2.05) is 6.92 Å². The van der Waals surface area contributed by atoms with Crippen molar-refractivity contribution in [3.05, 3.63) is 0 Å². The predicted molar refractivity (Wildman–Crippen MR) is 64.8 cm³/mol. The molecule has 0 fully saturated rings. The van der Waals surface area contributed by atoms with E-state index in [-0.39, 0.29) is 11.9 Å². The molecule has 15 heavy (non-hydrogen) atoms. The first-order valence-corrected chi connectivity index (χ1v) is 5.81. The van der Waals surface area contributed by atoms with Crippen molar-refractivity contribution in [1.82, 2.24) is 10.2 Å². The van der Waals surface area contributed by atoms with E-state index in [9.17, 15) is 4.79 Å². The molecule has 3 nitrogen and oxygen atoms in total. The number of carbonyl (C=O) groups excluding carboxylic acids is 1. The summed E-state index contributed by atoms with van der Waals surface area (Å²) in [6.07, 6.45) is 2.33. The number of likely N-dealkylation sites (N-methyl/N-ethyl adjacent to an activating group) is 1. The summed E-state index contributed by atoms with van der Waals surface area (Å²) < 4.78 is 0. The van der Waals surface area contributed by atoms with Crippen molar-refractivity contribution < 1.29 is 4.79 Å². The summed E-state index contributed by atoms with van der Waals surface area (Å²) in [5.41, 5.74) is 0. The molecule has 2 atom stereocenters. The zero-order valence-corrected chi connectivity index (χ0v) is 11.0. The van der Waals surface area contributed by atoms with Crippen molar-refractivity contribution in [3.8, 4) is 0 Å². The van der Waals surface area contributed by atoms with Gasteiger partial charge in [-0.25, -0.2) is 0 Å². The molecule has 0 rings (SSSR count). The second-order valence-electron chi connectivity index (χ2n) is 4.99. The summed E-state index contributed by atoms with van der Waals surface area (Å²) in [5.74, 6) is 0.875. The van der Waals surface area contributed by atoms with Crippen molar-refractivity contribution in [1.29, 1.82) is 0 Å². The fraction of sp³-hybridized carbons (Fsp3) is 0.917. The van der Waals surface area contributed by atoms with Crippen LogP contribution in [0.25, 0.3) is 0 Å². The summed E-state index contributed by atoms with van der Waals surface area (Å²) in [7, 11) is 3.58. The summed E-state index contributed by atoms with van der Waals surface area (Å²) in [5, 5.41) is 3.33. The molecule has 1 amide bonds. The lowest BCUT2D eigenvalue weighted by Crippen LogP contribution is -2.45. The van der Waals surface area contributed by atoms with Crippen molar-refractivity contribution in [2.75, 3.05) is 14.1 Å². The molecule has 0 aliphatic rings. The van der Waals surface area contributed by atoms with E-state index in [1.165, 1.54) is 6.42 Å². The highest BCUT2D eigenvalue weighted by Gasteiger charge is 2.16. The third kappa shape index (κ3) is 6.50. The molecule has 0 aromatic rings. The van der Waals surface area contributed by atoms with Crippen LogP contribution in [0.3, 0.4) is 0 Å². The zero-order valence-electron chi connectivity index (χ0n) is 11.0. The lowest BCUT2D eigenvalue weighted by atomic mass is 10.0. The topological polar surface area (TPSA) is 32.3 Å². The summed E-state index contributed by atoms with van der Waals surface area (Å²) >= 11 is 0. The second kappa shape index (κ2) is 6.83. The number of hydrogen-bond donors (Lipinski definition) is 1. The maximum Gasteiger partial charge on any atom is 0.238 e. The van der Waals surface area contributed by atoms with Gasteiger partial charge in [-0.15, -0.1) is 0 Å². The lowest BCUT2D eigenvalue weighted by molar-refractivity contribution is -0.130. The van der Waals surface area contributed by atoms with E-state index in [1.54, 1.807) is 19.0 Å². The highest BCUT2D eigenvalue weighted by atomic mass is 16.2. The van der Waals surface area contributed by atoms with E-state index >= 15 is 0 Å². The van der Waals surface area contributed by atoms with Crippen LogP contribution >= 0.6 is 0 Å². The van der Waals surface area contributed by atoms with E-state index in [0.29, 0.717) is 6.04 Å². The van der Waals surface area contributed by atoms with Crippen LogP contribution in [-0.4, -0.2) is 37.0 Å². The molecule has 0 saturated carbocycles. The molecule has 1 N–H and O–H groups in total. The molecule has 3 heteroatoms. The average molecular weight is 214 g/mol. The first-order chi connectivity index (χ1) is 6.84. The standard InChI is InChI=1S/C12H26N2O/c1-9(2)7-8-10(3)13-11(4)12(15)14(5)6/h9-11,13H,7-8H2,1-6H3. The van der Waals surface area contributed by atoms with E-state index < -0.39 is 0 Å². The Bertz CT molecular complexity index is 190. The minimum Gasteiger partial charge on any atom is -0.347 e. The Hall–Kier alpha value is -0.570. The van der Waals surface area contributed by atoms with Gasteiger partial charge in [0.15, 0.2) is 0 Å². The van der Waals surface area contributed by atoms with E-state index in [4.69, 9.17) is 0 Å². The largest absolute Gasteiger partial charge is 0.347 e. The van der Waals surface area contributed by atoms with Crippen LogP contribution in [0.1, 0.15) is 40.5 Å². The van der Waals surface area contributed by atoms with Crippen molar-refractivity contribution in [2.45, 2.75) is 52.6 Å². The minimum absolute atomic E-state index is 0.0813. The Morgan fingerprint density at radius 3 is 2.07 bits per heavy atom. The van der Waals surface area contributed by atoms with Gasteiger partial charge in [0.05, 0.1) is 6.04 Å². The van der Waals surface area contributed by atoms with E-state index in [2.05, 4.69) is 26.1 Å². The highest BCUT2D eigenvalue weighted by molar-refractivity contribution is 5.80. The molecular formula is C12H26N2O. The van der Waals surface area contributed by atoms with Crippen LogP contribution in [0.15, 0.2) is 0 Å². The number of hydrogen-bond acceptors (Lipinski definition) is 2. The van der Waals surface area contributed by atoms with Gasteiger partial charge in [0.2, 0.25) is 5.91 Å². The van der Waals surface area contributed by atoms with Crippen molar-refractivity contribution in [3.63, 3.8) is 0 Å². The van der Waals surface area contributed by atoms with Gasteiger partial charge in [0.1, 0.15) is 0 Å². The van der Waals surface area contributed by atoms with Gasteiger partial charge in [0.25, 0.3) is 0 Å². The van der Waals surface area contributed by atoms with Gasteiger partial charge in [-0.2, -0.15) is 0 Å². The fourth-order valence-electron chi connectivity index (χ4n) is 1.55. The van der Waals surface area contributed by atoms with Gasteiger partial charge < -0.3 is 10.2 Å². The SMILES string of the molecule is CC(C)CCC(C)NC(C)C(=O)N(C)C. The monoisotopic (exact) mass is 214 g/mol. The Kier molecular flexibility index (Phi) is 6.57. The van der Waals surface area contributed by atoms with Gasteiger partial charge in [-0.05, 0) is 32.6 Å². The third-order valence-electron chi connectivity index (χ3n) is 2.52. The maximum absolute atomic E-state index is 11.6. The average Bonchev–Trinajstić information content (AvgIpc) is 2.13. The summed E-state index contributed by atoms with van der Waals surface area (Å²) in [6.45, 7) is 8.51. The molecule has 0 spiro atoms. The van der Waals surface area contributed by atoms with Gasteiger partial charge >= 0.3 is 0 Å². The number of amides is 1. The highest BCUT2D eigenvalue weighted by Crippen LogP contribution is 2.07. The predicted octanol–water partition coefficient (Wildman–Crippen LogP) is 1.88. The van der Waals surface area contributed by atoms with Crippen LogP contribution in [0.2, 0.25) is 0 Å². The Morgan fingerprint density at radius 1 is 1.13 bits per heavy atom. The Labute approximate surface area is 94.2 Å². The van der Waals surface area contributed by atoms with Crippen LogP contribution in [-0.2, 0) is 4.79 Å². The van der Waals surface area contributed by atoms with Gasteiger partial charge in [0, 0.05) is 20.1 Å². The molecule has 0 aliphatic heterocycles. The fourth-order valence-corrected chi connectivity index (χ4v) is 1.55. The smallest absolute Gasteiger partial charge is 0.238 e. The Balaban J connectivity index is 3.85. The van der Waals surface area contributed by atoms with Crippen molar-refractivity contribution >= 4 is 5.91 Å². The number of nitrogens with one attached hydrogen (secondary N) is 1. The summed E-state index contributed by atoms with van der Waals surface area (Å²) in [6, 6.07) is 0.327. The molecule has 0 bridgehead atoms. The molecular weight excluding hydrogens is 188 g/mol. The van der Waals surface area contributed by atoms with Crippen molar-refractivity contribution in [2.24, 2.45) is 5.92 Å². The number of nitrogens with zero attached hydrogens (tertiary/aromatic N) is 1. The first kappa shape index (κ1) is 14.4. The van der Waals surface area contributed by atoms with Crippen LogP contribution in [0.4, 0.5) is 0 Å². The molecule has 0 heterocycles. The molecule has 0 radical (unpaired) electrons. The Morgan fingerprint density at radius 2 is 1.67 bits per heavy atom. The quantitative estimate of drug-likeness (QED) is 0.732. The molecule has 0 saturated heterocycles. The van der Waals surface area contributed by atoms with Gasteiger partial charge in [-0.1, -0.05) is 13.8 Å². The summed E-state index contributed by atoms with van der Waals surface area (Å²) in [4.78, 5) is 13.2. The maximum atomic E-state index is 11.6. The first-order valence-electron chi connectivity index (χ1n) is 5.81. The lowest BCUT2D eigenvalue weighted by Gasteiger charge is -2.22. The molecule has 2 unspecified atom stereocenters. The zero-order chi connectivity index (χ0) is 12.0. The van der Waals surface area contributed by atoms with Crippen LogP contribution in [0, 0.1) is 5.92 Å². The molecule has 90 valence electrons. The molecule has 0 aromatic heterocycles. The number of rotatable bonds is 6. The third-order valence-corrected chi connectivity index (χ3v) is 2.52. The van der Waals surface area contributed by atoms with Gasteiger partial charge in [-0.3, -0.25) is 4.79 Å².